The molecule has 0 radical (unpaired) electrons. The highest BCUT2D eigenvalue weighted by molar-refractivity contribution is 5.99. The van der Waals surface area contributed by atoms with Gasteiger partial charge in [0.2, 0.25) is 17.7 Å². The number of esters is 1. The minimum absolute atomic E-state index is 0.0571. The number of allylic oxidation sites excluding steroid dienone is 1. The van der Waals surface area contributed by atoms with Gasteiger partial charge in [0.05, 0.1) is 12.5 Å². The summed E-state index contributed by atoms with van der Waals surface area (Å²) in [5.74, 6) is -1.47. The predicted molar refractivity (Wildman–Crippen MR) is 121 cm³/mol. The highest BCUT2D eigenvalue weighted by Crippen LogP contribution is 2.53. The first-order valence-electron chi connectivity index (χ1n) is 12.2. The molecule has 0 aromatic rings. The molecule has 2 heterocycles. The molecule has 0 bridgehead atoms. The van der Waals surface area contributed by atoms with Crippen LogP contribution in [0.1, 0.15) is 58.3 Å². The fourth-order valence-corrected chi connectivity index (χ4v) is 5.31. The molecular formula is C24H37N3O6. The zero-order valence-electron chi connectivity index (χ0n) is 19.9. The first kappa shape index (κ1) is 25.2. The zero-order valence-corrected chi connectivity index (χ0v) is 19.9. The van der Waals surface area contributed by atoms with Crippen LogP contribution >= 0.6 is 0 Å². The molecule has 0 aromatic heterocycles. The van der Waals surface area contributed by atoms with Crippen molar-refractivity contribution in [3.05, 3.63) is 11.8 Å². The van der Waals surface area contributed by atoms with Crippen molar-refractivity contribution in [2.45, 2.75) is 58.3 Å². The van der Waals surface area contributed by atoms with E-state index >= 15 is 0 Å². The third-order valence-electron chi connectivity index (χ3n) is 6.88. The number of nitrogens with zero attached hydrogens (tertiary/aromatic N) is 2. The average molecular weight is 464 g/mol. The van der Waals surface area contributed by atoms with E-state index in [2.05, 4.69) is 5.32 Å². The number of fused-ring (bicyclic) bond motifs is 1. The second-order valence-corrected chi connectivity index (χ2v) is 8.95. The van der Waals surface area contributed by atoms with Crippen LogP contribution in [0.2, 0.25) is 0 Å². The van der Waals surface area contributed by atoms with E-state index in [9.17, 15) is 19.2 Å². The number of rotatable bonds is 12. The summed E-state index contributed by atoms with van der Waals surface area (Å²) in [5.41, 5.74) is -0.406. The lowest BCUT2D eigenvalue weighted by atomic mass is 9.68. The number of hydrogen-bond donors (Lipinski definition) is 1. The van der Waals surface area contributed by atoms with Crippen molar-refractivity contribution >= 4 is 23.7 Å². The Morgan fingerprint density at radius 1 is 1.21 bits per heavy atom. The maximum Gasteiger partial charge on any atom is 0.318 e. The number of ether oxygens (including phenoxy) is 2. The second-order valence-electron chi connectivity index (χ2n) is 8.95. The Balaban J connectivity index is 1.68. The maximum atomic E-state index is 13.5. The standard InChI is InChI=1S/C24H37N3O6/c1-3-33-23(31)24-11-5-4-9-19(24)27(15-8-16-32-2)22(30)18(24)17-20(28)25-12-7-14-26-13-6-10-21(26)29/h9,18H,3-8,10-17H2,1-2H3,(H,25,28)/t18-,24-/m0/s1. The highest BCUT2D eigenvalue weighted by Gasteiger charge is 2.61. The Morgan fingerprint density at radius 3 is 2.73 bits per heavy atom. The first-order chi connectivity index (χ1) is 16.0. The Hall–Kier alpha value is -2.42. The van der Waals surface area contributed by atoms with Gasteiger partial charge in [-0.25, -0.2) is 0 Å². The van der Waals surface area contributed by atoms with Gasteiger partial charge in [0.25, 0.3) is 0 Å². The van der Waals surface area contributed by atoms with Crippen LogP contribution in [0, 0.1) is 11.3 Å². The Kier molecular flexibility index (Phi) is 8.88. The topological polar surface area (TPSA) is 105 Å². The van der Waals surface area contributed by atoms with E-state index in [1.807, 2.05) is 11.0 Å². The molecule has 2 fully saturated rings. The molecule has 1 N–H and O–H groups in total. The molecule has 2 aliphatic heterocycles. The van der Waals surface area contributed by atoms with Gasteiger partial charge in [-0.3, -0.25) is 19.2 Å². The van der Waals surface area contributed by atoms with Gasteiger partial charge in [-0.15, -0.1) is 0 Å². The van der Waals surface area contributed by atoms with E-state index in [4.69, 9.17) is 9.47 Å². The van der Waals surface area contributed by atoms with Gasteiger partial charge in [0, 0.05) is 58.4 Å². The van der Waals surface area contributed by atoms with Crippen molar-refractivity contribution in [1.29, 1.82) is 0 Å². The van der Waals surface area contributed by atoms with Gasteiger partial charge in [-0.1, -0.05) is 6.08 Å². The van der Waals surface area contributed by atoms with Crippen LogP contribution in [0.4, 0.5) is 0 Å². The van der Waals surface area contributed by atoms with Crippen molar-refractivity contribution < 1.29 is 28.7 Å². The molecule has 9 nitrogen and oxygen atoms in total. The van der Waals surface area contributed by atoms with Gasteiger partial charge in [-0.2, -0.15) is 0 Å². The van der Waals surface area contributed by atoms with Crippen molar-refractivity contribution in [2.24, 2.45) is 11.3 Å². The quantitative estimate of drug-likeness (QED) is 0.348. The van der Waals surface area contributed by atoms with Gasteiger partial charge in [-0.05, 0) is 45.4 Å². The molecule has 2 saturated heterocycles. The van der Waals surface area contributed by atoms with E-state index in [0.717, 1.165) is 25.8 Å². The molecule has 3 amide bonds. The predicted octanol–water partition coefficient (Wildman–Crippen LogP) is 1.62. The lowest BCUT2D eigenvalue weighted by Crippen LogP contribution is -2.43. The number of carbonyl (C=O) groups is 4. The van der Waals surface area contributed by atoms with Crippen LogP contribution in [-0.2, 0) is 28.7 Å². The molecule has 0 spiro atoms. The minimum atomic E-state index is -1.10. The molecule has 184 valence electrons. The third kappa shape index (κ3) is 5.39. The summed E-state index contributed by atoms with van der Waals surface area (Å²) < 4.78 is 10.6. The fourth-order valence-electron chi connectivity index (χ4n) is 5.31. The number of nitrogens with one attached hydrogen (secondary N) is 1. The molecule has 1 aliphatic carbocycles. The maximum absolute atomic E-state index is 13.5. The number of carbonyl (C=O) groups excluding carboxylic acids is 4. The van der Waals surface area contributed by atoms with Crippen LogP contribution in [0.3, 0.4) is 0 Å². The van der Waals surface area contributed by atoms with Crippen LogP contribution in [0.25, 0.3) is 0 Å². The summed E-state index contributed by atoms with van der Waals surface area (Å²) in [5, 5.41) is 2.88. The SMILES string of the molecule is CCOC(=O)[C@]12CCCC=C1N(CCCOC)C(=O)[C@@H]2CC(=O)NCCCN1CCCC1=O. The fraction of sp³-hybridized carbons (Fsp3) is 0.750. The Morgan fingerprint density at radius 2 is 2.03 bits per heavy atom. The van der Waals surface area contributed by atoms with Crippen molar-refractivity contribution in [3.8, 4) is 0 Å². The van der Waals surface area contributed by atoms with Crippen molar-refractivity contribution in [3.63, 3.8) is 0 Å². The molecule has 3 rings (SSSR count). The summed E-state index contributed by atoms with van der Waals surface area (Å²) in [6, 6.07) is 0. The van der Waals surface area contributed by atoms with Gasteiger partial charge in [0.15, 0.2) is 0 Å². The average Bonchev–Trinajstić information content (AvgIpc) is 3.32. The monoisotopic (exact) mass is 463 g/mol. The molecule has 9 heteroatoms. The molecule has 0 unspecified atom stereocenters. The highest BCUT2D eigenvalue weighted by atomic mass is 16.5. The molecule has 33 heavy (non-hydrogen) atoms. The normalized spacial score (nSPS) is 24.7. The van der Waals surface area contributed by atoms with Crippen LogP contribution in [0.15, 0.2) is 11.8 Å². The molecular weight excluding hydrogens is 426 g/mol. The van der Waals surface area contributed by atoms with E-state index in [0.29, 0.717) is 57.6 Å². The van der Waals surface area contributed by atoms with E-state index in [1.165, 1.54) is 0 Å². The molecule has 2 atom stereocenters. The van der Waals surface area contributed by atoms with Gasteiger partial charge in [0.1, 0.15) is 5.41 Å². The molecule has 0 aromatic carbocycles. The molecule has 0 saturated carbocycles. The smallest absolute Gasteiger partial charge is 0.318 e. The van der Waals surface area contributed by atoms with Gasteiger partial charge >= 0.3 is 5.97 Å². The Labute approximate surface area is 195 Å². The van der Waals surface area contributed by atoms with Crippen LogP contribution < -0.4 is 5.32 Å². The lowest BCUT2D eigenvalue weighted by Gasteiger charge is -2.35. The second kappa shape index (κ2) is 11.6. The Bertz CT molecular complexity index is 782. The third-order valence-corrected chi connectivity index (χ3v) is 6.88. The van der Waals surface area contributed by atoms with Crippen LogP contribution in [0.5, 0.6) is 0 Å². The first-order valence-corrected chi connectivity index (χ1v) is 12.2. The number of amides is 3. The number of hydrogen-bond acceptors (Lipinski definition) is 6. The molecule has 3 aliphatic rings. The van der Waals surface area contributed by atoms with Crippen molar-refractivity contribution in [1.82, 2.24) is 15.1 Å². The van der Waals surface area contributed by atoms with Gasteiger partial charge < -0.3 is 24.6 Å². The zero-order chi connectivity index (χ0) is 23.8. The van der Waals surface area contributed by atoms with E-state index in [1.54, 1.807) is 18.9 Å². The van der Waals surface area contributed by atoms with Crippen molar-refractivity contribution in [2.75, 3.05) is 46.5 Å². The summed E-state index contributed by atoms with van der Waals surface area (Å²) in [6.07, 6.45) is 6.76. The summed E-state index contributed by atoms with van der Waals surface area (Å²) >= 11 is 0. The summed E-state index contributed by atoms with van der Waals surface area (Å²) in [7, 11) is 1.61. The summed E-state index contributed by atoms with van der Waals surface area (Å²) in [6.45, 7) is 4.75. The van der Waals surface area contributed by atoms with E-state index < -0.39 is 17.3 Å². The minimum Gasteiger partial charge on any atom is -0.465 e. The van der Waals surface area contributed by atoms with Crippen LogP contribution in [-0.4, -0.2) is 80.0 Å². The number of methoxy groups -OCH3 is 1. The van der Waals surface area contributed by atoms with E-state index in [-0.39, 0.29) is 30.7 Å². The largest absolute Gasteiger partial charge is 0.465 e. The summed E-state index contributed by atoms with van der Waals surface area (Å²) in [4.78, 5) is 54.7. The number of likely N-dealkylation sites (tertiary alicyclic amines) is 2. The lowest BCUT2D eigenvalue weighted by molar-refractivity contribution is -0.158.